The number of nitrogens with zero attached hydrogens (tertiary/aromatic N) is 2. The number of hydrogen-bond donors (Lipinski definition) is 1. The number of halogens is 5. The van der Waals surface area contributed by atoms with Crippen molar-refractivity contribution < 1.29 is 23.1 Å². The van der Waals surface area contributed by atoms with Crippen LogP contribution in [-0.4, -0.2) is 40.2 Å². The van der Waals surface area contributed by atoms with E-state index >= 15 is 0 Å². The van der Waals surface area contributed by atoms with Crippen molar-refractivity contribution in [1.29, 1.82) is 0 Å². The van der Waals surface area contributed by atoms with Gasteiger partial charge in [-0.1, -0.05) is 0 Å². The third-order valence-electron chi connectivity index (χ3n) is 3.56. The van der Waals surface area contributed by atoms with Gasteiger partial charge in [-0.3, -0.25) is 14.7 Å². The summed E-state index contributed by atoms with van der Waals surface area (Å²) in [5.41, 5.74) is -2.11. The minimum atomic E-state index is -4.77. The maximum atomic E-state index is 13.1. The number of carbonyl (C=O) groups is 1. The van der Waals surface area contributed by atoms with Gasteiger partial charge in [0.2, 0.25) is 0 Å². The molecule has 9 heteroatoms. The Morgan fingerprint density at radius 3 is 2.62 bits per heavy atom. The molecule has 0 aromatic carbocycles. The van der Waals surface area contributed by atoms with E-state index in [-0.39, 0.29) is 13.1 Å². The van der Waals surface area contributed by atoms with Crippen LogP contribution in [0.3, 0.4) is 0 Å². The van der Waals surface area contributed by atoms with Crippen molar-refractivity contribution in [1.82, 2.24) is 9.88 Å². The number of pyridine rings is 1. The molecule has 0 saturated carbocycles. The topological polar surface area (TPSA) is 53.4 Å². The number of carboxylic acid groups (broad SMARTS) is 1. The van der Waals surface area contributed by atoms with Gasteiger partial charge in [-0.05, 0) is 44.3 Å². The molecule has 1 saturated heterocycles. The van der Waals surface area contributed by atoms with Crippen molar-refractivity contribution >= 4 is 37.8 Å². The maximum Gasteiger partial charge on any atom is 0.406 e. The first-order valence-corrected chi connectivity index (χ1v) is 7.57. The van der Waals surface area contributed by atoms with Crippen LogP contribution in [0.15, 0.2) is 21.2 Å². The molecule has 1 aliphatic rings. The zero-order valence-electron chi connectivity index (χ0n) is 10.6. The lowest BCUT2D eigenvalue weighted by Crippen LogP contribution is -2.47. The van der Waals surface area contributed by atoms with Crippen molar-refractivity contribution in [2.75, 3.05) is 13.1 Å². The third-order valence-corrected chi connectivity index (χ3v) is 4.68. The minimum absolute atomic E-state index is 0.0655. The Labute approximate surface area is 135 Å². The van der Waals surface area contributed by atoms with Gasteiger partial charge in [0.05, 0.1) is 5.69 Å². The van der Waals surface area contributed by atoms with Gasteiger partial charge in [0.25, 0.3) is 0 Å². The standard InChI is InChI=1S/C12H11Br2F3N2O2/c13-7-3-8(14)9(18-4-7)5-19-2-1-11(6-19,10(20)21)12(15,16)17/h3-4H,1-2,5-6H2,(H,20,21). The molecule has 116 valence electrons. The second-order valence-corrected chi connectivity index (χ2v) is 6.70. The summed E-state index contributed by atoms with van der Waals surface area (Å²) in [6.45, 7) is -0.328. The molecule has 1 aromatic heterocycles. The number of alkyl halides is 3. The molecule has 0 spiro atoms. The van der Waals surface area contributed by atoms with Crippen molar-refractivity contribution in [2.45, 2.75) is 19.1 Å². The van der Waals surface area contributed by atoms with Gasteiger partial charge in [0.1, 0.15) is 0 Å². The second-order valence-electron chi connectivity index (χ2n) is 4.93. The highest BCUT2D eigenvalue weighted by molar-refractivity contribution is 9.11. The van der Waals surface area contributed by atoms with E-state index in [1.165, 1.54) is 4.90 Å². The van der Waals surface area contributed by atoms with E-state index in [0.717, 1.165) is 4.47 Å². The van der Waals surface area contributed by atoms with Crippen LogP contribution in [0.5, 0.6) is 0 Å². The number of hydrogen-bond acceptors (Lipinski definition) is 3. The Kier molecular flexibility index (Phi) is 4.65. The molecule has 21 heavy (non-hydrogen) atoms. The SMILES string of the molecule is O=C(O)C1(C(F)(F)F)CCN(Cc2ncc(Br)cc2Br)C1. The first-order chi connectivity index (χ1) is 9.65. The first-order valence-electron chi connectivity index (χ1n) is 5.98. The number of carboxylic acids is 1. The molecule has 1 aliphatic heterocycles. The fourth-order valence-electron chi connectivity index (χ4n) is 2.32. The van der Waals surface area contributed by atoms with E-state index < -0.39 is 30.5 Å². The number of aliphatic carboxylic acids is 1. The minimum Gasteiger partial charge on any atom is -0.481 e. The highest BCUT2D eigenvalue weighted by atomic mass is 79.9. The van der Waals surface area contributed by atoms with Crippen LogP contribution in [0, 0.1) is 5.41 Å². The monoisotopic (exact) mass is 430 g/mol. The number of rotatable bonds is 3. The number of aromatic nitrogens is 1. The normalized spacial score (nSPS) is 23.5. The molecule has 0 aliphatic carbocycles. The molecule has 1 aromatic rings. The van der Waals surface area contributed by atoms with Gasteiger partial charge < -0.3 is 5.11 Å². The van der Waals surface area contributed by atoms with Crippen molar-refractivity contribution in [2.24, 2.45) is 5.41 Å². The predicted molar refractivity (Wildman–Crippen MR) is 75.7 cm³/mol. The smallest absolute Gasteiger partial charge is 0.406 e. The van der Waals surface area contributed by atoms with Crippen LogP contribution in [0.2, 0.25) is 0 Å². The maximum absolute atomic E-state index is 13.1. The molecule has 1 atom stereocenters. The summed E-state index contributed by atoms with van der Waals surface area (Å²) >= 11 is 6.53. The molecule has 0 bridgehead atoms. The van der Waals surface area contributed by atoms with E-state index in [0.29, 0.717) is 10.2 Å². The average Bonchev–Trinajstić information content (AvgIpc) is 2.77. The summed E-state index contributed by atoms with van der Waals surface area (Å²) in [5.74, 6) is -1.82. The predicted octanol–water partition coefficient (Wildman–Crippen LogP) is 3.45. The Bertz CT molecular complexity index is 568. The molecule has 2 rings (SSSR count). The third kappa shape index (κ3) is 3.24. The van der Waals surface area contributed by atoms with E-state index in [1.54, 1.807) is 12.3 Å². The van der Waals surface area contributed by atoms with Gasteiger partial charge >= 0.3 is 12.1 Å². The first kappa shape index (κ1) is 16.7. The fraction of sp³-hybridized carbons (Fsp3) is 0.500. The highest BCUT2D eigenvalue weighted by Crippen LogP contribution is 2.46. The van der Waals surface area contributed by atoms with Gasteiger partial charge in [0.15, 0.2) is 5.41 Å². The molecule has 1 unspecified atom stereocenters. The van der Waals surface area contributed by atoms with E-state index in [9.17, 15) is 18.0 Å². The summed E-state index contributed by atoms with van der Waals surface area (Å²) < 4.78 is 40.6. The Morgan fingerprint density at radius 1 is 1.48 bits per heavy atom. The molecule has 1 fully saturated rings. The Hall–Kier alpha value is -0.670. The van der Waals surface area contributed by atoms with Gasteiger partial charge in [0, 0.05) is 34.8 Å². The molecule has 0 radical (unpaired) electrons. The molecule has 4 nitrogen and oxygen atoms in total. The van der Waals surface area contributed by atoms with E-state index in [4.69, 9.17) is 5.11 Å². The Morgan fingerprint density at radius 2 is 2.14 bits per heavy atom. The van der Waals surface area contributed by atoms with Gasteiger partial charge in [-0.15, -0.1) is 0 Å². The quantitative estimate of drug-likeness (QED) is 0.796. The average molecular weight is 432 g/mol. The van der Waals surface area contributed by atoms with Crippen LogP contribution in [0.1, 0.15) is 12.1 Å². The summed E-state index contributed by atoms with van der Waals surface area (Å²) in [5, 5.41) is 9.00. The molecule has 0 amide bonds. The highest BCUT2D eigenvalue weighted by Gasteiger charge is 2.63. The Balaban J connectivity index is 2.17. The molecular formula is C12H11Br2F3N2O2. The van der Waals surface area contributed by atoms with Crippen molar-refractivity contribution in [3.63, 3.8) is 0 Å². The van der Waals surface area contributed by atoms with Crippen LogP contribution >= 0.6 is 31.9 Å². The lowest BCUT2D eigenvalue weighted by Gasteiger charge is -2.27. The van der Waals surface area contributed by atoms with Crippen molar-refractivity contribution in [3.8, 4) is 0 Å². The summed E-state index contributed by atoms with van der Waals surface area (Å²) in [6, 6.07) is 1.74. The lowest BCUT2D eigenvalue weighted by atomic mass is 9.86. The lowest BCUT2D eigenvalue weighted by molar-refractivity contribution is -0.227. The zero-order chi connectivity index (χ0) is 15.8. The molecule has 1 N–H and O–H groups in total. The fourth-order valence-corrected chi connectivity index (χ4v) is 3.43. The summed E-state index contributed by atoms with van der Waals surface area (Å²) in [6.07, 6.45) is -3.66. The van der Waals surface area contributed by atoms with Gasteiger partial charge in [-0.25, -0.2) is 0 Å². The van der Waals surface area contributed by atoms with Crippen LogP contribution < -0.4 is 0 Å². The molecule has 2 heterocycles. The molecular weight excluding hydrogens is 421 g/mol. The summed E-state index contributed by atoms with van der Waals surface area (Å²) in [4.78, 5) is 16.7. The van der Waals surface area contributed by atoms with E-state index in [2.05, 4.69) is 36.8 Å². The van der Waals surface area contributed by atoms with Crippen molar-refractivity contribution in [3.05, 3.63) is 26.9 Å². The van der Waals surface area contributed by atoms with Gasteiger partial charge in [-0.2, -0.15) is 13.2 Å². The summed E-state index contributed by atoms with van der Waals surface area (Å²) in [7, 11) is 0. The van der Waals surface area contributed by atoms with Crippen LogP contribution in [0.25, 0.3) is 0 Å². The largest absolute Gasteiger partial charge is 0.481 e. The zero-order valence-corrected chi connectivity index (χ0v) is 13.8. The van der Waals surface area contributed by atoms with Crippen LogP contribution in [0.4, 0.5) is 13.2 Å². The van der Waals surface area contributed by atoms with E-state index in [1.807, 2.05) is 0 Å². The number of likely N-dealkylation sites (tertiary alicyclic amines) is 1. The second kappa shape index (κ2) is 5.85. The van der Waals surface area contributed by atoms with Crippen LogP contribution in [-0.2, 0) is 11.3 Å².